The van der Waals surface area contributed by atoms with Crippen LogP contribution in [0.5, 0.6) is 0 Å². The van der Waals surface area contributed by atoms with Crippen LogP contribution in [0.2, 0.25) is 0 Å². The Hall–Kier alpha value is -0.310. The van der Waals surface area contributed by atoms with Crippen LogP contribution in [-0.4, -0.2) is 28.5 Å². The number of hydrogen-bond acceptors (Lipinski definition) is 3. The van der Waals surface area contributed by atoms with Crippen LogP contribution < -0.4 is 5.73 Å². The molecular formula is C21H34ClNO2. The first-order chi connectivity index (χ1) is 11.3. The molecular weight excluding hydrogens is 334 g/mol. The van der Waals surface area contributed by atoms with E-state index in [1.54, 1.807) is 0 Å². The van der Waals surface area contributed by atoms with Crippen LogP contribution in [0.25, 0.3) is 0 Å². The molecule has 4 fully saturated rings. The van der Waals surface area contributed by atoms with Crippen LogP contribution in [0.15, 0.2) is 17.9 Å². The zero-order valence-corrected chi connectivity index (χ0v) is 16.4. The van der Waals surface area contributed by atoms with Crippen molar-refractivity contribution < 1.29 is 10.2 Å². The summed E-state index contributed by atoms with van der Waals surface area (Å²) in [4.78, 5) is 0. The van der Waals surface area contributed by atoms with E-state index in [2.05, 4.69) is 26.2 Å². The van der Waals surface area contributed by atoms with Crippen molar-refractivity contribution in [1.29, 1.82) is 0 Å². The SMILES string of the molecule is C=C=C1CCC2C3C(CC[C@]12C)[C@@]1(C)CC[C@H](N)CC1[C@@H](O)[C@@H]3O.Cl. The normalized spacial score (nSPS) is 54.6. The van der Waals surface area contributed by atoms with Crippen molar-refractivity contribution >= 4 is 12.4 Å². The largest absolute Gasteiger partial charge is 0.390 e. The molecule has 0 bridgehead atoms. The molecule has 4 unspecified atom stereocenters. The highest BCUT2D eigenvalue weighted by molar-refractivity contribution is 5.85. The van der Waals surface area contributed by atoms with Crippen molar-refractivity contribution in [2.45, 2.75) is 77.0 Å². The second kappa shape index (κ2) is 6.39. The van der Waals surface area contributed by atoms with Gasteiger partial charge in [-0.25, -0.2) is 0 Å². The average Bonchev–Trinajstić information content (AvgIpc) is 2.90. The molecule has 0 heterocycles. The van der Waals surface area contributed by atoms with E-state index in [0.717, 1.165) is 38.5 Å². The van der Waals surface area contributed by atoms with Crippen molar-refractivity contribution in [2.24, 2.45) is 40.2 Å². The number of allylic oxidation sites excluding steroid dienone is 1. The molecule has 0 saturated heterocycles. The molecule has 4 N–H and O–H groups in total. The first-order valence-corrected chi connectivity index (χ1v) is 9.84. The molecule has 4 saturated carbocycles. The molecule has 0 aromatic rings. The first kappa shape index (κ1) is 19.5. The molecule has 0 aromatic heterocycles. The number of nitrogens with two attached hydrogens (primary N) is 1. The summed E-state index contributed by atoms with van der Waals surface area (Å²) < 4.78 is 0. The van der Waals surface area contributed by atoms with Gasteiger partial charge in [0.15, 0.2) is 0 Å². The Morgan fingerprint density at radius 3 is 2.44 bits per heavy atom. The van der Waals surface area contributed by atoms with Crippen molar-refractivity contribution in [1.82, 2.24) is 0 Å². The zero-order chi connectivity index (χ0) is 17.3. The third kappa shape index (κ3) is 2.51. The number of fused-ring (bicyclic) bond motifs is 5. The summed E-state index contributed by atoms with van der Waals surface area (Å²) in [5, 5.41) is 22.1. The maximum Gasteiger partial charge on any atom is 0.0836 e. The number of aliphatic hydroxyl groups excluding tert-OH is 2. The average molecular weight is 368 g/mol. The van der Waals surface area contributed by atoms with Gasteiger partial charge in [0.1, 0.15) is 0 Å². The maximum absolute atomic E-state index is 11.1. The minimum atomic E-state index is -0.623. The zero-order valence-electron chi connectivity index (χ0n) is 15.6. The molecule has 0 spiro atoms. The molecule has 3 nitrogen and oxygen atoms in total. The summed E-state index contributed by atoms with van der Waals surface area (Å²) in [6.45, 7) is 8.64. The highest BCUT2D eigenvalue weighted by Crippen LogP contribution is 2.67. The van der Waals surface area contributed by atoms with Gasteiger partial charge in [-0.1, -0.05) is 20.4 Å². The van der Waals surface area contributed by atoms with E-state index in [9.17, 15) is 10.2 Å². The van der Waals surface area contributed by atoms with Crippen LogP contribution in [-0.2, 0) is 0 Å². The smallest absolute Gasteiger partial charge is 0.0836 e. The second-order valence-electron chi connectivity index (χ2n) is 9.57. The highest BCUT2D eigenvalue weighted by atomic mass is 35.5. The Balaban J connectivity index is 0.00000182. The van der Waals surface area contributed by atoms with Crippen LogP contribution in [0.4, 0.5) is 0 Å². The Morgan fingerprint density at radius 2 is 1.76 bits per heavy atom. The minimum absolute atomic E-state index is 0. The van der Waals surface area contributed by atoms with E-state index in [4.69, 9.17) is 5.73 Å². The van der Waals surface area contributed by atoms with Crippen molar-refractivity contribution in [3.63, 3.8) is 0 Å². The molecule has 0 aromatic carbocycles. The van der Waals surface area contributed by atoms with E-state index in [1.165, 1.54) is 12.0 Å². The third-order valence-electron chi connectivity index (χ3n) is 8.79. The number of aliphatic hydroxyl groups is 2. The van der Waals surface area contributed by atoms with Gasteiger partial charge >= 0.3 is 0 Å². The number of rotatable bonds is 0. The van der Waals surface area contributed by atoms with Gasteiger partial charge in [-0.2, -0.15) is 0 Å². The fourth-order valence-electron chi connectivity index (χ4n) is 7.40. The third-order valence-corrected chi connectivity index (χ3v) is 8.79. The van der Waals surface area contributed by atoms with Gasteiger partial charge in [-0.3, -0.25) is 0 Å². The summed E-state index contributed by atoms with van der Waals surface area (Å²) in [5.74, 6) is 1.33. The summed E-state index contributed by atoms with van der Waals surface area (Å²) in [6, 6.07) is 0.178. The predicted molar refractivity (Wildman–Crippen MR) is 102 cm³/mol. The van der Waals surface area contributed by atoms with Crippen molar-refractivity contribution in [2.75, 3.05) is 0 Å². The van der Waals surface area contributed by atoms with Crippen LogP contribution >= 0.6 is 12.4 Å². The lowest BCUT2D eigenvalue weighted by Gasteiger charge is -2.63. The fourth-order valence-corrected chi connectivity index (χ4v) is 7.40. The molecule has 4 aliphatic carbocycles. The number of hydrogen-bond donors (Lipinski definition) is 3. The Labute approximate surface area is 158 Å². The topological polar surface area (TPSA) is 66.5 Å². The van der Waals surface area contributed by atoms with Crippen LogP contribution in [0.3, 0.4) is 0 Å². The molecule has 0 aliphatic heterocycles. The highest BCUT2D eigenvalue weighted by Gasteiger charge is 2.64. The summed E-state index contributed by atoms with van der Waals surface area (Å²) in [7, 11) is 0. The lowest BCUT2D eigenvalue weighted by molar-refractivity contribution is -0.210. The van der Waals surface area contributed by atoms with Crippen molar-refractivity contribution in [3.05, 3.63) is 17.9 Å². The number of halogens is 1. The Morgan fingerprint density at radius 1 is 1.04 bits per heavy atom. The molecule has 4 heteroatoms. The van der Waals surface area contributed by atoms with Gasteiger partial charge in [0.05, 0.1) is 12.2 Å². The van der Waals surface area contributed by atoms with E-state index >= 15 is 0 Å². The molecule has 4 aliphatic rings. The molecule has 0 radical (unpaired) electrons. The molecule has 4 rings (SSSR count). The fraction of sp³-hybridized carbons (Fsp3) is 0.857. The minimum Gasteiger partial charge on any atom is -0.390 e. The van der Waals surface area contributed by atoms with Gasteiger partial charge in [-0.15, -0.1) is 18.1 Å². The molecule has 142 valence electrons. The second-order valence-corrected chi connectivity index (χ2v) is 9.57. The molecule has 25 heavy (non-hydrogen) atoms. The van der Waals surface area contributed by atoms with Gasteiger partial charge in [0, 0.05) is 6.04 Å². The van der Waals surface area contributed by atoms with E-state index in [0.29, 0.717) is 11.8 Å². The first-order valence-electron chi connectivity index (χ1n) is 9.84. The maximum atomic E-state index is 11.1. The monoisotopic (exact) mass is 367 g/mol. The van der Waals surface area contributed by atoms with Crippen molar-refractivity contribution in [3.8, 4) is 0 Å². The summed E-state index contributed by atoms with van der Waals surface area (Å²) >= 11 is 0. The van der Waals surface area contributed by atoms with E-state index < -0.39 is 12.2 Å². The molecule has 9 atom stereocenters. The Kier molecular flexibility index (Phi) is 4.97. The lowest BCUT2D eigenvalue weighted by atomic mass is 9.43. The summed E-state index contributed by atoms with van der Waals surface area (Å²) in [5.41, 5.74) is 11.0. The van der Waals surface area contributed by atoms with E-state index in [1.807, 2.05) is 0 Å². The molecule has 0 amide bonds. The van der Waals surface area contributed by atoms with Gasteiger partial charge < -0.3 is 15.9 Å². The van der Waals surface area contributed by atoms with Gasteiger partial charge in [0.2, 0.25) is 0 Å². The predicted octanol–water partition coefficient (Wildman–Crippen LogP) is 3.43. The quantitative estimate of drug-likeness (QED) is 0.574. The van der Waals surface area contributed by atoms with Crippen LogP contribution in [0, 0.1) is 34.5 Å². The van der Waals surface area contributed by atoms with Crippen LogP contribution in [0.1, 0.15) is 58.8 Å². The standard InChI is InChI=1S/C21H33NO2.ClH/c1-4-12-5-6-14-17-15(8-10-20(12,14)2)21(3)9-7-13(22)11-16(21)18(23)19(17)24;/h13-19,23-24H,1,5-11,22H2,2-3H3;1H/t13-,14?,15?,16?,17?,18+,19+,20+,21+;/m0./s1. The lowest BCUT2D eigenvalue weighted by Crippen LogP contribution is -2.64. The van der Waals surface area contributed by atoms with Gasteiger partial charge in [-0.05, 0) is 85.0 Å². The Bertz CT molecular complexity index is 588. The summed E-state index contributed by atoms with van der Waals surface area (Å²) in [6.07, 6.45) is 6.27. The van der Waals surface area contributed by atoms with E-state index in [-0.39, 0.29) is 41.1 Å². The van der Waals surface area contributed by atoms with Gasteiger partial charge in [0.25, 0.3) is 0 Å².